The molecule has 0 radical (unpaired) electrons. The summed E-state index contributed by atoms with van der Waals surface area (Å²) < 4.78 is 0.403. The molecule has 2 heterocycles. The minimum atomic E-state index is -0.363. The van der Waals surface area contributed by atoms with Crippen LogP contribution in [-0.4, -0.2) is 28.2 Å². The molecule has 1 N–H and O–H groups in total. The number of anilines is 1. The molecule has 1 aromatic carbocycles. The van der Waals surface area contributed by atoms with E-state index >= 15 is 0 Å². The molecular weight excluding hydrogens is 334 g/mol. The first-order chi connectivity index (χ1) is 11.0. The molecule has 2 aliphatic rings. The van der Waals surface area contributed by atoms with Gasteiger partial charge in [0.1, 0.15) is 10.0 Å². The van der Waals surface area contributed by atoms with Crippen LogP contribution in [0.15, 0.2) is 23.1 Å². The summed E-state index contributed by atoms with van der Waals surface area (Å²) in [6.07, 6.45) is 4.90. The quantitative estimate of drug-likeness (QED) is 0.391. The number of nitro groups is 1. The first kappa shape index (κ1) is 15.9. The van der Waals surface area contributed by atoms with E-state index < -0.39 is 0 Å². The Balaban J connectivity index is 1.93. The normalized spacial score (nSPS) is 20.0. The van der Waals surface area contributed by atoms with Gasteiger partial charge in [0.2, 0.25) is 0 Å². The number of hydrogen-bond acceptors (Lipinski definition) is 6. The van der Waals surface area contributed by atoms with Gasteiger partial charge in [0, 0.05) is 19.2 Å². The molecular formula is C15H15N3O3S2. The van der Waals surface area contributed by atoms with E-state index in [2.05, 4.69) is 10.2 Å². The molecule has 0 aliphatic carbocycles. The number of nitrogens with one attached hydrogen (secondary N) is 1. The van der Waals surface area contributed by atoms with Crippen LogP contribution in [0.2, 0.25) is 0 Å². The van der Waals surface area contributed by atoms with Crippen LogP contribution in [0.4, 0.5) is 11.4 Å². The van der Waals surface area contributed by atoms with E-state index in [0.29, 0.717) is 20.5 Å². The van der Waals surface area contributed by atoms with Gasteiger partial charge in [0.05, 0.1) is 9.83 Å². The standard InChI is InChI=1S/C15H15N3O3S2/c19-14-13(23-15(22)16-14)9-10-4-5-11(12(8-10)18(20)21)17-6-2-1-3-7-17/h4-5,8-9H,1-3,6-7H2,(H,16,19,22)/b13-9+. The van der Waals surface area contributed by atoms with E-state index in [1.165, 1.54) is 24.2 Å². The van der Waals surface area contributed by atoms with Crippen LogP contribution in [0.3, 0.4) is 0 Å². The lowest BCUT2D eigenvalue weighted by Crippen LogP contribution is -2.29. The van der Waals surface area contributed by atoms with Crippen LogP contribution >= 0.6 is 24.0 Å². The van der Waals surface area contributed by atoms with E-state index in [-0.39, 0.29) is 16.5 Å². The van der Waals surface area contributed by atoms with Crippen molar-refractivity contribution in [2.24, 2.45) is 0 Å². The second-order valence-corrected chi connectivity index (χ2v) is 7.12. The predicted molar refractivity (Wildman–Crippen MR) is 95.5 cm³/mol. The molecule has 120 valence electrons. The van der Waals surface area contributed by atoms with E-state index in [4.69, 9.17) is 12.2 Å². The number of carbonyl (C=O) groups excluding carboxylic acids is 1. The number of benzene rings is 1. The molecule has 6 nitrogen and oxygen atoms in total. The molecule has 2 fully saturated rings. The minimum Gasteiger partial charge on any atom is -0.366 e. The van der Waals surface area contributed by atoms with Gasteiger partial charge in [-0.15, -0.1) is 0 Å². The smallest absolute Gasteiger partial charge is 0.293 e. The van der Waals surface area contributed by atoms with Crippen molar-refractivity contribution in [3.05, 3.63) is 38.8 Å². The monoisotopic (exact) mass is 349 g/mol. The van der Waals surface area contributed by atoms with Crippen molar-refractivity contribution in [2.75, 3.05) is 18.0 Å². The summed E-state index contributed by atoms with van der Waals surface area (Å²) in [4.78, 5) is 25.3. The van der Waals surface area contributed by atoms with Gasteiger partial charge in [-0.05, 0) is 37.0 Å². The lowest BCUT2D eigenvalue weighted by molar-refractivity contribution is -0.384. The average Bonchev–Trinajstić information content (AvgIpc) is 2.85. The van der Waals surface area contributed by atoms with Crippen molar-refractivity contribution in [3.8, 4) is 0 Å². The summed E-state index contributed by atoms with van der Waals surface area (Å²) in [5, 5.41) is 14.0. The molecule has 0 bridgehead atoms. The molecule has 23 heavy (non-hydrogen) atoms. The Bertz CT molecular complexity index is 712. The van der Waals surface area contributed by atoms with Gasteiger partial charge in [-0.3, -0.25) is 14.9 Å². The lowest BCUT2D eigenvalue weighted by Gasteiger charge is -2.28. The number of piperidine rings is 1. The van der Waals surface area contributed by atoms with Crippen molar-refractivity contribution in [2.45, 2.75) is 19.3 Å². The fourth-order valence-electron chi connectivity index (χ4n) is 2.75. The number of thioether (sulfide) groups is 1. The Kier molecular flexibility index (Phi) is 4.63. The van der Waals surface area contributed by atoms with Gasteiger partial charge in [-0.2, -0.15) is 0 Å². The third-order valence-corrected chi connectivity index (χ3v) is 5.00. The van der Waals surface area contributed by atoms with Gasteiger partial charge < -0.3 is 10.2 Å². The highest BCUT2D eigenvalue weighted by Gasteiger charge is 2.24. The Hall–Kier alpha value is -1.93. The second kappa shape index (κ2) is 6.67. The highest BCUT2D eigenvalue weighted by molar-refractivity contribution is 8.26. The fourth-order valence-corrected chi connectivity index (χ4v) is 3.80. The maximum absolute atomic E-state index is 11.7. The summed E-state index contributed by atoms with van der Waals surface area (Å²) in [7, 11) is 0. The third-order valence-electron chi connectivity index (χ3n) is 3.83. The van der Waals surface area contributed by atoms with Gasteiger partial charge in [-0.25, -0.2) is 0 Å². The van der Waals surface area contributed by atoms with Crippen LogP contribution in [-0.2, 0) is 4.79 Å². The zero-order valence-electron chi connectivity index (χ0n) is 12.3. The van der Waals surface area contributed by atoms with Crippen LogP contribution in [0.1, 0.15) is 24.8 Å². The largest absolute Gasteiger partial charge is 0.366 e. The number of hydrogen-bond donors (Lipinski definition) is 1. The average molecular weight is 349 g/mol. The van der Waals surface area contributed by atoms with Gasteiger partial charge in [0.15, 0.2) is 0 Å². The zero-order valence-corrected chi connectivity index (χ0v) is 13.9. The molecule has 0 atom stereocenters. The molecule has 2 aliphatic heterocycles. The van der Waals surface area contributed by atoms with Crippen LogP contribution in [0.25, 0.3) is 6.08 Å². The molecule has 0 saturated carbocycles. The van der Waals surface area contributed by atoms with Gasteiger partial charge in [-0.1, -0.05) is 30.0 Å². The number of amides is 1. The highest BCUT2D eigenvalue weighted by Crippen LogP contribution is 2.33. The maximum atomic E-state index is 11.7. The van der Waals surface area contributed by atoms with E-state index in [0.717, 1.165) is 25.9 Å². The number of nitrogens with zero attached hydrogens (tertiary/aromatic N) is 2. The summed E-state index contributed by atoms with van der Waals surface area (Å²) in [5.41, 5.74) is 1.35. The zero-order chi connectivity index (χ0) is 16.4. The van der Waals surface area contributed by atoms with Crippen molar-refractivity contribution in [3.63, 3.8) is 0 Å². The Morgan fingerprint density at radius 1 is 1.30 bits per heavy atom. The molecule has 8 heteroatoms. The predicted octanol–water partition coefficient (Wildman–Crippen LogP) is 3.07. The van der Waals surface area contributed by atoms with E-state index in [1.807, 2.05) is 0 Å². The number of thiocarbonyl (C=S) groups is 1. The number of nitro benzene ring substituents is 1. The van der Waals surface area contributed by atoms with Crippen molar-refractivity contribution in [1.82, 2.24) is 5.32 Å². The van der Waals surface area contributed by atoms with E-state index in [9.17, 15) is 14.9 Å². The summed E-state index contributed by atoms with van der Waals surface area (Å²) in [6, 6.07) is 5.09. The summed E-state index contributed by atoms with van der Waals surface area (Å²) in [6.45, 7) is 1.68. The Labute approximate surface area is 143 Å². The number of rotatable bonds is 3. The Morgan fingerprint density at radius 3 is 2.65 bits per heavy atom. The van der Waals surface area contributed by atoms with E-state index in [1.54, 1.807) is 18.2 Å². The first-order valence-electron chi connectivity index (χ1n) is 7.33. The van der Waals surface area contributed by atoms with Gasteiger partial charge in [0.25, 0.3) is 11.6 Å². The molecule has 0 spiro atoms. The van der Waals surface area contributed by atoms with Crippen LogP contribution in [0, 0.1) is 10.1 Å². The maximum Gasteiger partial charge on any atom is 0.293 e. The highest BCUT2D eigenvalue weighted by atomic mass is 32.2. The van der Waals surface area contributed by atoms with Crippen molar-refractivity contribution >= 4 is 51.7 Å². The lowest BCUT2D eigenvalue weighted by atomic mass is 10.1. The Morgan fingerprint density at radius 2 is 2.04 bits per heavy atom. The summed E-state index contributed by atoms with van der Waals surface area (Å²) >= 11 is 6.10. The minimum absolute atomic E-state index is 0.0761. The summed E-state index contributed by atoms with van der Waals surface area (Å²) in [5.74, 6) is -0.261. The SMILES string of the molecule is O=C1NC(=S)S/C1=C/c1ccc(N2CCCCC2)c([N+](=O)[O-])c1. The van der Waals surface area contributed by atoms with Crippen molar-refractivity contribution in [1.29, 1.82) is 0 Å². The molecule has 2 saturated heterocycles. The van der Waals surface area contributed by atoms with Crippen LogP contribution in [0.5, 0.6) is 0 Å². The van der Waals surface area contributed by atoms with Gasteiger partial charge >= 0.3 is 0 Å². The second-order valence-electron chi connectivity index (χ2n) is 5.41. The topological polar surface area (TPSA) is 75.5 Å². The third kappa shape index (κ3) is 3.53. The number of carbonyl (C=O) groups is 1. The fraction of sp³-hybridized carbons (Fsp3) is 0.333. The molecule has 0 unspecified atom stereocenters. The van der Waals surface area contributed by atoms with Crippen molar-refractivity contribution < 1.29 is 9.72 Å². The molecule has 3 rings (SSSR count). The molecule has 0 aromatic heterocycles. The molecule has 1 amide bonds. The molecule has 1 aromatic rings. The van der Waals surface area contributed by atoms with Crippen LogP contribution < -0.4 is 10.2 Å². The first-order valence-corrected chi connectivity index (χ1v) is 8.55.